The molecule has 2 aromatic carbocycles. The van der Waals surface area contributed by atoms with Crippen LogP contribution in [-0.2, 0) is 0 Å². The predicted molar refractivity (Wildman–Crippen MR) is 138 cm³/mol. The van der Waals surface area contributed by atoms with E-state index in [1.54, 1.807) is 7.11 Å². The van der Waals surface area contributed by atoms with Crippen molar-refractivity contribution in [3.63, 3.8) is 0 Å². The highest BCUT2D eigenvalue weighted by molar-refractivity contribution is 7.80. The van der Waals surface area contributed by atoms with Gasteiger partial charge in [-0.2, -0.15) is 0 Å². The molecule has 1 aliphatic rings. The monoisotopic (exact) mass is 470 g/mol. The summed E-state index contributed by atoms with van der Waals surface area (Å²) in [5, 5.41) is 4.15. The van der Waals surface area contributed by atoms with Crippen molar-refractivity contribution < 1.29 is 9.47 Å². The van der Waals surface area contributed by atoms with E-state index in [1.807, 2.05) is 67.7 Å². The zero-order chi connectivity index (χ0) is 23.5. The molecule has 0 spiro atoms. The summed E-state index contributed by atoms with van der Waals surface area (Å²) in [6, 6.07) is 25.9. The van der Waals surface area contributed by atoms with Crippen molar-refractivity contribution in [2.24, 2.45) is 0 Å². The smallest absolute Gasteiger partial charge is 0.174 e. The van der Waals surface area contributed by atoms with Crippen molar-refractivity contribution >= 4 is 23.0 Å². The second-order valence-corrected chi connectivity index (χ2v) is 8.29. The third kappa shape index (κ3) is 3.99. The Hall–Kier alpha value is -3.84. The third-order valence-corrected chi connectivity index (χ3v) is 6.27. The highest BCUT2D eigenvalue weighted by Gasteiger charge is 2.43. The molecule has 0 unspecified atom stereocenters. The largest absolute Gasteiger partial charge is 0.495 e. The molecule has 3 heterocycles. The van der Waals surface area contributed by atoms with E-state index in [-0.39, 0.29) is 12.1 Å². The number of methoxy groups -OCH3 is 1. The summed E-state index contributed by atoms with van der Waals surface area (Å²) in [6.45, 7) is 2.62. The van der Waals surface area contributed by atoms with Crippen LogP contribution in [0.5, 0.6) is 11.5 Å². The number of nitrogens with zero attached hydrogens (tertiary/aromatic N) is 3. The molecule has 0 radical (unpaired) electrons. The first-order valence-electron chi connectivity index (χ1n) is 11.3. The van der Waals surface area contributed by atoms with E-state index in [0.29, 0.717) is 11.7 Å². The van der Waals surface area contributed by atoms with E-state index >= 15 is 0 Å². The molecule has 0 amide bonds. The van der Waals surface area contributed by atoms with Gasteiger partial charge in [-0.25, -0.2) is 0 Å². The van der Waals surface area contributed by atoms with Gasteiger partial charge in [-0.1, -0.05) is 18.2 Å². The molecule has 34 heavy (non-hydrogen) atoms. The van der Waals surface area contributed by atoms with Crippen LogP contribution in [0.25, 0.3) is 5.69 Å². The average Bonchev–Trinajstić information content (AvgIpc) is 3.49. The van der Waals surface area contributed by atoms with Gasteiger partial charge in [0, 0.05) is 23.8 Å². The fraction of sp³-hybridized carbons (Fsp3) is 0.185. The van der Waals surface area contributed by atoms with Gasteiger partial charge in [-0.3, -0.25) is 4.98 Å². The molecule has 0 bridgehead atoms. The van der Waals surface area contributed by atoms with Gasteiger partial charge in [-0.05, 0) is 79.8 Å². The van der Waals surface area contributed by atoms with E-state index < -0.39 is 0 Å². The molecule has 1 fully saturated rings. The normalized spacial score (nSPS) is 17.5. The van der Waals surface area contributed by atoms with E-state index in [4.69, 9.17) is 21.7 Å². The minimum absolute atomic E-state index is 0.144. The highest BCUT2D eigenvalue weighted by Crippen LogP contribution is 2.44. The Balaban J connectivity index is 1.64. The second-order valence-electron chi connectivity index (χ2n) is 7.90. The van der Waals surface area contributed by atoms with E-state index in [2.05, 4.69) is 50.2 Å². The Bertz CT molecular complexity index is 1270. The van der Waals surface area contributed by atoms with Gasteiger partial charge in [0.1, 0.15) is 17.5 Å². The SMILES string of the molecule is CCOc1ccc(-n2cccc2[C@@H]2[C@H](c3ccccn3)NC(=S)N2c2ccccc2OC)cc1. The summed E-state index contributed by atoms with van der Waals surface area (Å²) in [7, 11) is 1.68. The van der Waals surface area contributed by atoms with Crippen LogP contribution in [0.1, 0.15) is 30.4 Å². The van der Waals surface area contributed by atoms with Crippen LogP contribution in [0.3, 0.4) is 0 Å². The Morgan fingerprint density at radius 1 is 0.971 bits per heavy atom. The van der Waals surface area contributed by atoms with Gasteiger partial charge in [0.2, 0.25) is 0 Å². The Morgan fingerprint density at radius 3 is 2.50 bits per heavy atom. The minimum atomic E-state index is -0.153. The van der Waals surface area contributed by atoms with Gasteiger partial charge in [0.05, 0.1) is 31.1 Å². The molecule has 4 aromatic rings. The summed E-state index contributed by atoms with van der Waals surface area (Å²) >= 11 is 5.87. The summed E-state index contributed by atoms with van der Waals surface area (Å²) in [5.74, 6) is 1.61. The molecule has 1 N–H and O–H groups in total. The Labute approximate surface area is 204 Å². The van der Waals surface area contributed by atoms with E-state index in [1.165, 1.54) is 0 Å². The fourth-order valence-corrected chi connectivity index (χ4v) is 4.82. The first-order valence-corrected chi connectivity index (χ1v) is 11.7. The number of para-hydroxylation sites is 2. The van der Waals surface area contributed by atoms with Gasteiger partial charge >= 0.3 is 0 Å². The molecule has 0 saturated carbocycles. The second kappa shape index (κ2) is 9.57. The molecule has 1 aliphatic heterocycles. The molecule has 2 atom stereocenters. The molecular weight excluding hydrogens is 444 g/mol. The highest BCUT2D eigenvalue weighted by atomic mass is 32.1. The van der Waals surface area contributed by atoms with Crippen LogP contribution in [0, 0.1) is 0 Å². The molecule has 2 aromatic heterocycles. The van der Waals surface area contributed by atoms with Crippen molar-refractivity contribution in [1.82, 2.24) is 14.9 Å². The zero-order valence-corrected chi connectivity index (χ0v) is 19.9. The maximum atomic E-state index is 5.87. The van der Waals surface area contributed by atoms with Crippen LogP contribution >= 0.6 is 12.2 Å². The minimum Gasteiger partial charge on any atom is -0.495 e. The number of benzene rings is 2. The average molecular weight is 471 g/mol. The lowest BCUT2D eigenvalue weighted by Gasteiger charge is -2.30. The number of aromatic nitrogens is 2. The molecule has 1 saturated heterocycles. The Morgan fingerprint density at radius 2 is 1.76 bits per heavy atom. The predicted octanol–water partition coefficient (Wildman–Crippen LogP) is 5.46. The molecular formula is C27H26N4O2S. The number of nitrogens with one attached hydrogen (secondary N) is 1. The number of anilines is 1. The van der Waals surface area contributed by atoms with Gasteiger partial charge < -0.3 is 24.3 Å². The molecule has 7 heteroatoms. The van der Waals surface area contributed by atoms with Crippen LogP contribution in [0.15, 0.2) is 91.3 Å². The quantitative estimate of drug-likeness (QED) is 0.362. The Kier molecular flexibility index (Phi) is 6.18. The summed E-state index contributed by atoms with van der Waals surface area (Å²) in [6.07, 6.45) is 3.89. The number of ether oxygens (including phenoxy) is 2. The van der Waals surface area contributed by atoms with Crippen molar-refractivity contribution in [3.8, 4) is 17.2 Å². The fourth-order valence-electron chi connectivity index (χ4n) is 4.48. The third-order valence-electron chi connectivity index (χ3n) is 5.95. The summed E-state index contributed by atoms with van der Waals surface area (Å²) in [4.78, 5) is 6.79. The number of thiocarbonyl (C=S) groups is 1. The van der Waals surface area contributed by atoms with Gasteiger partial charge in [0.15, 0.2) is 5.11 Å². The first-order chi connectivity index (χ1) is 16.7. The summed E-state index contributed by atoms with van der Waals surface area (Å²) < 4.78 is 13.5. The van der Waals surface area contributed by atoms with Gasteiger partial charge in [0.25, 0.3) is 0 Å². The van der Waals surface area contributed by atoms with Gasteiger partial charge in [-0.15, -0.1) is 0 Å². The summed E-state index contributed by atoms with van der Waals surface area (Å²) in [5.41, 5.74) is 3.95. The number of hydrogen-bond acceptors (Lipinski definition) is 4. The lowest BCUT2D eigenvalue weighted by atomic mass is 10.0. The zero-order valence-electron chi connectivity index (χ0n) is 19.1. The molecule has 6 nitrogen and oxygen atoms in total. The maximum Gasteiger partial charge on any atom is 0.174 e. The first kappa shape index (κ1) is 22.0. The van der Waals surface area contributed by atoms with Crippen LogP contribution in [-0.4, -0.2) is 28.4 Å². The topological polar surface area (TPSA) is 51.5 Å². The standard InChI is InChI=1S/C27H26N4O2S/c1-3-33-20-15-13-19(14-16-20)30-18-8-11-23(30)26-25(21-9-6-7-17-28-21)29-27(34)31(26)22-10-4-5-12-24(22)32-2/h4-18,25-26H,3H2,1-2H3,(H,29,34)/t25-,26+/m0/s1. The van der Waals surface area contributed by atoms with E-state index in [9.17, 15) is 0 Å². The number of hydrogen-bond donors (Lipinski definition) is 1. The molecule has 0 aliphatic carbocycles. The van der Waals surface area contributed by atoms with Crippen molar-refractivity contribution in [2.45, 2.75) is 19.0 Å². The van der Waals surface area contributed by atoms with Crippen molar-refractivity contribution in [3.05, 3.63) is 103 Å². The maximum absolute atomic E-state index is 5.87. The number of pyridine rings is 1. The van der Waals surface area contributed by atoms with Crippen LogP contribution < -0.4 is 19.7 Å². The lowest BCUT2D eigenvalue weighted by Crippen LogP contribution is -2.30. The van der Waals surface area contributed by atoms with Crippen molar-refractivity contribution in [2.75, 3.05) is 18.6 Å². The molecule has 5 rings (SSSR count). The van der Waals surface area contributed by atoms with E-state index in [0.717, 1.165) is 34.3 Å². The van der Waals surface area contributed by atoms with Crippen molar-refractivity contribution in [1.29, 1.82) is 0 Å². The van der Waals surface area contributed by atoms with Crippen LogP contribution in [0.2, 0.25) is 0 Å². The molecule has 172 valence electrons. The lowest BCUT2D eigenvalue weighted by molar-refractivity contribution is 0.340. The number of rotatable bonds is 7. The van der Waals surface area contributed by atoms with Crippen LogP contribution in [0.4, 0.5) is 5.69 Å².